The summed E-state index contributed by atoms with van der Waals surface area (Å²) in [5.74, 6) is -0.0644. The lowest BCUT2D eigenvalue weighted by molar-refractivity contribution is -0.0933. The van der Waals surface area contributed by atoms with E-state index in [-0.39, 0.29) is 12.0 Å². The third-order valence-electron chi connectivity index (χ3n) is 4.28. The van der Waals surface area contributed by atoms with Gasteiger partial charge in [0.1, 0.15) is 5.69 Å². The molecule has 136 valence electrons. The fourth-order valence-electron chi connectivity index (χ4n) is 2.92. The van der Waals surface area contributed by atoms with Crippen LogP contribution in [-0.4, -0.2) is 59.7 Å². The molecule has 1 atom stereocenters. The molecule has 2 aromatic heterocycles. The standard InChI is InChI=1S/C18H18ClN3O3S/c1-21(8-14-10-24-6-7-25-14)17(23)16-11-26-18-20-15(9-22(16)18)12-2-4-13(19)5-3-12/h2-5,9,11,14H,6-8,10H2,1H3/t14-/m1/s1. The summed E-state index contributed by atoms with van der Waals surface area (Å²) in [5, 5.41) is 2.52. The second kappa shape index (κ2) is 7.36. The number of amides is 1. The number of benzene rings is 1. The van der Waals surface area contributed by atoms with E-state index in [1.807, 2.05) is 40.2 Å². The summed E-state index contributed by atoms with van der Waals surface area (Å²) >= 11 is 7.39. The second-order valence-electron chi connectivity index (χ2n) is 6.16. The van der Waals surface area contributed by atoms with Gasteiger partial charge in [-0.2, -0.15) is 0 Å². The number of rotatable bonds is 4. The number of hydrogen-bond acceptors (Lipinski definition) is 5. The van der Waals surface area contributed by atoms with E-state index < -0.39 is 0 Å². The molecule has 1 fully saturated rings. The van der Waals surface area contributed by atoms with Crippen molar-refractivity contribution in [2.24, 2.45) is 0 Å². The summed E-state index contributed by atoms with van der Waals surface area (Å²) in [6.45, 7) is 2.20. The molecule has 1 aliphatic rings. The minimum Gasteiger partial charge on any atom is -0.376 e. The molecule has 0 radical (unpaired) electrons. The summed E-state index contributed by atoms with van der Waals surface area (Å²) in [5.41, 5.74) is 2.37. The van der Waals surface area contributed by atoms with Gasteiger partial charge in [-0.05, 0) is 12.1 Å². The fourth-order valence-corrected chi connectivity index (χ4v) is 3.90. The summed E-state index contributed by atoms with van der Waals surface area (Å²) in [6, 6.07) is 7.50. The Bertz CT molecular complexity index is 916. The maximum absolute atomic E-state index is 12.9. The summed E-state index contributed by atoms with van der Waals surface area (Å²) in [4.78, 5) is 19.9. The van der Waals surface area contributed by atoms with E-state index in [2.05, 4.69) is 4.98 Å². The van der Waals surface area contributed by atoms with Gasteiger partial charge in [0.15, 0.2) is 4.96 Å². The molecule has 0 unspecified atom stereocenters. The van der Waals surface area contributed by atoms with Gasteiger partial charge in [-0.25, -0.2) is 4.98 Å². The zero-order valence-corrected chi connectivity index (χ0v) is 15.8. The number of nitrogens with zero attached hydrogens (tertiary/aromatic N) is 3. The molecule has 1 aromatic carbocycles. The van der Waals surface area contributed by atoms with Gasteiger partial charge in [0.05, 0.1) is 31.6 Å². The molecule has 6 nitrogen and oxygen atoms in total. The van der Waals surface area contributed by atoms with E-state index in [4.69, 9.17) is 21.1 Å². The molecule has 3 heterocycles. The lowest BCUT2D eigenvalue weighted by atomic mass is 10.2. The van der Waals surface area contributed by atoms with E-state index in [1.54, 1.807) is 11.9 Å². The topological polar surface area (TPSA) is 56.1 Å². The fraction of sp³-hybridized carbons (Fsp3) is 0.333. The lowest BCUT2D eigenvalue weighted by Gasteiger charge is -2.27. The number of fused-ring (bicyclic) bond motifs is 1. The first-order chi connectivity index (χ1) is 12.6. The zero-order chi connectivity index (χ0) is 18.1. The average Bonchev–Trinajstić information content (AvgIpc) is 3.23. The van der Waals surface area contributed by atoms with E-state index in [1.165, 1.54) is 11.3 Å². The van der Waals surface area contributed by atoms with Gasteiger partial charge < -0.3 is 14.4 Å². The van der Waals surface area contributed by atoms with Crippen LogP contribution in [0.25, 0.3) is 16.2 Å². The van der Waals surface area contributed by atoms with Crippen LogP contribution in [0.3, 0.4) is 0 Å². The van der Waals surface area contributed by atoms with E-state index in [0.717, 1.165) is 16.2 Å². The van der Waals surface area contributed by atoms with Gasteiger partial charge in [0.2, 0.25) is 0 Å². The normalized spacial score (nSPS) is 17.5. The van der Waals surface area contributed by atoms with E-state index in [0.29, 0.717) is 37.1 Å². The molecule has 1 amide bonds. The smallest absolute Gasteiger partial charge is 0.271 e. The van der Waals surface area contributed by atoms with E-state index >= 15 is 0 Å². The maximum Gasteiger partial charge on any atom is 0.271 e. The molecule has 0 N–H and O–H groups in total. The van der Waals surface area contributed by atoms with Gasteiger partial charge >= 0.3 is 0 Å². The predicted octanol–water partition coefficient (Wildman–Crippen LogP) is 3.20. The van der Waals surface area contributed by atoms with Crippen molar-refractivity contribution in [2.75, 3.05) is 33.4 Å². The molecule has 26 heavy (non-hydrogen) atoms. The van der Waals surface area contributed by atoms with Crippen LogP contribution in [0.5, 0.6) is 0 Å². The zero-order valence-electron chi connectivity index (χ0n) is 14.2. The van der Waals surface area contributed by atoms with Crippen molar-refractivity contribution in [1.82, 2.24) is 14.3 Å². The van der Waals surface area contributed by atoms with E-state index in [9.17, 15) is 4.79 Å². The van der Waals surface area contributed by atoms with Gasteiger partial charge in [-0.15, -0.1) is 11.3 Å². The van der Waals surface area contributed by atoms with Gasteiger partial charge in [0, 0.05) is 35.8 Å². The van der Waals surface area contributed by atoms with Crippen molar-refractivity contribution in [3.63, 3.8) is 0 Å². The molecule has 0 bridgehead atoms. The largest absolute Gasteiger partial charge is 0.376 e. The Morgan fingerprint density at radius 1 is 1.38 bits per heavy atom. The number of carbonyl (C=O) groups is 1. The van der Waals surface area contributed by atoms with Crippen LogP contribution in [0.2, 0.25) is 5.02 Å². The van der Waals surface area contributed by atoms with Crippen LogP contribution in [0, 0.1) is 0 Å². The highest BCUT2D eigenvalue weighted by Gasteiger charge is 2.23. The number of thiazole rings is 1. The minimum absolute atomic E-state index is 0.0644. The number of likely N-dealkylation sites (N-methyl/N-ethyl adjacent to an activating group) is 1. The van der Waals surface area contributed by atoms with Crippen LogP contribution in [0.4, 0.5) is 0 Å². The Labute approximate surface area is 159 Å². The molecular formula is C18H18ClN3O3S. The molecule has 3 aromatic rings. The Hall–Kier alpha value is -1.93. The second-order valence-corrected chi connectivity index (χ2v) is 7.43. The van der Waals surface area contributed by atoms with Crippen LogP contribution in [0.15, 0.2) is 35.8 Å². The van der Waals surface area contributed by atoms with Gasteiger partial charge in [-0.1, -0.05) is 23.7 Å². The first-order valence-electron chi connectivity index (χ1n) is 8.29. The third-order valence-corrected chi connectivity index (χ3v) is 5.37. The predicted molar refractivity (Wildman–Crippen MR) is 101 cm³/mol. The highest BCUT2D eigenvalue weighted by Crippen LogP contribution is 2.25. The van der Waals surface area contributed by atoms with Crippen molar-refractivity contribution in [1.29, 1.82) is 0 Å². The third kappa shape index (κ3) is 3.48. The molecular weight excluding hydrogens is 374 g/mol. The molecule has 8 heteroatoms. The Balaban J connectivity index is 1.56. The van der Waals surface area contributed by atoms with Crippen LogP contribution in [-0.2, 0) is 9.47 Å². The molecule has 0 saturated carbocycles. The highest BCUT2D eigenvalue weighted by molar-refractivity contribution is 7.15. The number of hydrogen-bond donors (Lipinski definition) is 0. The maximum atomic E-state index is 12.9. The summed E-state index contributed by atoms with van der Waals surface area (Å²) < 4.78 is 12.9. The monoisotopic (exact) mass is 391 g/mol. The van der Waals surface area contributed by atoms with Crippen molar-refractivity contribution in [3.8, 4) is 11.3 Å². The van der Waals surface area contributed by atoms with Crippen molar-refractivity contribution in [3.05, 3.63) is 46.6 Å². The number of aromatic nitrogens is 2. The molecule has 0 aliphatic carbocycles. The summed E-state index contributed by atoms with van der Waals surface area (Å²) in [6.07, 6.45) is 1.80. The number of ether oxygens (including phenoxy) is 2. The van der Waals surface area contributed by atoms with Crippen molar-refractivity contribution in [2.45, 2.75) is 6.10 Å². The number of halogens is 1. The highest BCUT2D eigenvalue weighted by atomic mass is 35.5. The first kappa shape index (κ1) is 17.5. The molecule has 1 saturated heterocycles. The number of imidazole rings is 1. The summed E-state index contributed by atoms with van der Waals surface area (Å²) in [7, 11) is 1.78. The van der Waals surface area contributed by atoms with Gasteiger partial charge in [-0.3, -0.25) is 9.20 Å². The number of carbonyl (C=O) groups excluding carboxylic acids is 1. The molecule has 0 spiro atoms. The average molecular weight is 392 g/mol. The SMILES string of the molecule is CN(C[C@@H]1COCCO1)C(=O)c1csc2nc(-c3ccc(Cl)cc3)cn12. The van der Waals surface area contributed by atoms with Gasteiger partial charge in [0.25, 0.3) is 5.91 Å². The minimum atomic E-state index is -0.0840. The van der Waals surface area contributed by atoms with Crippen LogP contribution in [0.1, 0.15) is 10.5 Å². The Morgan fingerprint density at radius 3 is 2.92 bits per heavy atom. The lowest BCUT2D eigenvalue weighted by Crippen LogP contribution is -2.41. The van der Waals surface area contributed by atoms with Crippen LogP contribution < -0.4 is 0 Å². The van der Waals surface area contributed by atoms with Crippen molar-refractivity contribution < 1.29 is 14.3 Å². The Morgan fingerprint density at radius 2 is 2.19 bits per heavy atom. The van der Waals surface area contributed by atoms with Crippen LogP contribution >= 0.6 is 22.9 Å². The Kier molecular flexibility index (Phi) is 4.95. The van der Waals surface area contributed by atoms with Crippen molar-refractivity contribution >= 4 is 33.8 Å². The quantitative estimate of drug-likeness (QED) is 0.685. The molecule has 1 aliphatic heterocycles. The molecule has 4 rings (SSSR count). The first-order valence-corrected chi connectivity index (χ1v) is 9.55.